The second kappa shape index (κ2) is 8.14. The summed E-state index contributed by atoms with van der Waals surface area (Å²) < 4.78 is 14.0. The van der Waals surface area contributed by atoms with Crippen LogP contribution >= 0.6 is 0 Å². The quantitative estimate of drug-likeness (QED) is 0.364. The van der Waals surface area contributed by atoms with Gasteiger partial charge in [0.25, 0.3) is 6.33 Å². The zero-order chi connectivity index (χ0) is 23.3. The van der Waals surface area contributed by atoms with Crippen molar-refractivity contribution in [3.8, 4) is 11.6 Å². The highest BCUT2D eigenvalue weighted by molar-refractivity contribution is 5.91. The van der Waals surface area contributed by atoms with Crippen LogP contribution in [-0.2, 0) is 4.74 Å². The molecule has 34 heavy (non-hydrogen) atoms. The van der Waals surface area contributed by atoms with Crippen molar-refractivity contribution >= 4 is 27.6 Å². The number of rotatable bonds is 5. The first-order valence-electron chi connectivity index (χ1n) is 11.8. The minimum absolute atomic E-state index is 0.0421. The smallest absolute Gasteiger partial charge is 0.254 e. The average molecular weight is 460 g/mol. The molecule has 4 heterocycles. The summed E-state index contributed by atoms with van der Waals surface area (Å²) in [5.41, 5.74) is 9.54. The van der Waals surface area contributed by atoms with Gasteiger partial charge in [0.05, 0.1) is 31.0 Å². The molecule has 0 radical (unpaired) electrons. The molecule has 0 amide bonds. The van der Waals surface area contributed by atoms with Crippen LogP contribution in [0.5, 0.6) is 5.75 Å². The molecule has 2 fully saturated rings. The van der Waals surface area contributed by atoms with Gasteiger partial charge in [0, 0.05) is 42.1 Å². The molecule has 0 spiro atoms. The molecule has 2 aromatic heterocycles. The third-order valence-electron chi connectivity index (χ3n) is 6.96. The number of nitrogens with two attached hydrogens (primary N) is 1. The topological polar surface area (TPSA) is 92.5 Å². The van der Waals surface area contributed by atoms with E-state index in [2.05, 4.69) is 36.1 Å². The second-order valence-electron chi connectivity index (χ2n) is 9.90. The number of hydrogen-bond donors (Lipinski definition) is 1. The SMILES string of the molecule is CC1(COc2ccc3c(c2)[n+]([O-])cn3-c2ccc3cccc(N4CCC(N)CC4)c3n2)COC1. The maximum Gasteiger partial charge on any atom is 0.254 e. The number of para-hydroxylation sites is 1. The first-order chi connectivity index (χ1) is 16.5. The summed E-state index contributed by atoms with van der Waals surface area (Å²) in [6, 6.07) is 16.2. The number of imidazole rings is 1. The van der Waals surface area contributed by atoms with Crippen LogP contribution in [-0.4, -0.2) is 48.5 Å². The zero-order valence-electron chi connectivity index (χ0n) is 19.3. The lowest BCUT2D eigenvalue weighted by molar-refractivity contribution is -0.577. The molecule has 0 bridgehead atoms. The predicted molar refractivity (Wildman–Crippen MR) is 131 cm³/mol. The molecule has 176 valence electrons. The van der Waals surface area contributed by atoms with E-state index in [4.69, 9.17) is 20.2 Å². The fraction of sp³-hybridized carbons (Fsp3) is 0.385. The largest absolute Gasteiger partial charge is 0.710 e. The van der Waals surface area contributed by atoms with Crippen molar-refractivity contribution in [1.29, 1.82) is 0 Å². The number of aromatic nitrogens is 3. The molecule has 8 heteroatoms. The Morgan fingerprint density at radius 3 is 2.76 bits per heavy atom. The van der Waals surface area contributed by atoms with Crippen molar-refractivity contribution in [3.63, 3.8) is 0 Å². The van der Waals surface area contributed by atoms with Gasteiger partial charge in [0.1, 0.15) is 5.75 Å². The molecular weight excluding hydrogens is 430 g/mol. The van der Waals surface area contributed by atoms with Gasteiger partial charge in [-0.15, -0.1) is 0 Å². The van der Waals surface area contributed by atoms with E-state index < -0.39 is 0 Å². The molecule has 6 rings (SSSR count). The van der Waals surface area contributed by atoms with Crippen molar-refractivity contribution in [2.24, 2.45) is 11.1 Å². The molecule has 0 saturated carbocycles. The van der Waals surface area contributed by atoms with Gasteiger partial charge in [-0.05, 0) is 37.1 Å². The molecule has 2 N–H and O–H groups in total. The molecule has 2 aliphatic rings. The van der Waals surface area contributed by atoms with Crippen LogP contribution in [0.15, 0.2) is 54.9 Å². The van der Waals surface area contributed by atoms with Gasteiger partial charge in [-0.1, -0.05) is 19.1 Å². The van der Waals surface area contributed by atoms with Crippen LogP contribution in [0.2, 0.25) is 0 Å². The van der Waals surface area contributed by atoms with E-state index in [1.807, 2.05) is 22.8 Å². The molecule has 0 aliphatic carbocycles. The molecule has 0 unspecified atom stereocenters. The normalized spacial score (nSPS) is 18.4. The van der Waals surface area contributed by atoms with Crippen molar-refractivity contribution in [2.75, 3.05) is 37.8 Å². The number of nitrogens with zero attached hydrogens (tertiary/aromatic N) is 4. The van der Waals surface area contributed by atoms with Gasteiger partial charge < -0.3 is 25.3 Å². The minimum Gasteiger partial charge on any atom is -0.710 e. The number of ether oxygens (including phenoxy) is 2. The monoisotopic (exact) mass is 459 g/mol. The third-order valence-corrected chi connectivity index (χ3v) is 6.96. The fourth-order valence-corrected chi connectivity index (χ4v) is 4.83. The zero-order valence-corrected chi connectivity index (χ0v) is 19.3. The Bertz CT molecular complexity index is 1360. The summed E-state index contributed by atoms with van der Waals surface area (Å²) in [6.45, 7) is 5.95. The van der Waals surface area contributed by atoms with E-state index in [-0.39, 0.29) is 11.5 Å². The highest BCUT2D eigenvalue weighted by Crippen LogP contribution is 2.31. The summed E-state index contributed by atoms with van der Waals surface area (Å²) in [7, 11) is 0. The Kier molecular flexibility index (Phi) is 5.08. The summed E-state index contributed by atoms with van der Waals surface area (Å²) in [5.74, 6) is 1.39. The molecule has 2 aliphatic heterocycles. The molecule has 8 nitrogen and oxygen atoms in total. The molecule has 4 aromatic rings. The molecule has 2 aromatic carbocycles. The van der Waals surface area contributed by atoms with Gasteiger partial charge in [-0.3, -0.25) is 0 Å². The van der Waals surface area contributed by atoms with E-state index in [0.29, 0.717) is 36.9 Å². The number of pyridine rings is 1. The van der Waals surface area contributed by atoms with Gasteiger partial charge in [-0.25, -0.2) is 9.71 Å². The standard InChI is InChI=1S/C26H29N5O3/c1-26(14-33-15-26)16-34-20-6-7-21-23(13-20)31(32)17-30(21)24-8-5-18-3-2-4-22(25(18)28-24)29-11-9-19(27)10-12-29/h2-8,13,17,19H,9-12,14-16,27H2,1H3. The molecule has 0 atom stereocenters. The van der Waals surface area contributed by atoms with Crippen molar-refractivity contribution in [1.82, 2.24) is 9.55 Å². The average Bonchev–Trinajstić information content (AvgIpc) is 3.17. The van der Waals surface area contributed by atoms with Crippen LogP contribution in [0.25, 0.3) is 27.8 Å². The van der Waals surface area contributed by atoms with E-state index >= 15 is 0 Å². The predicted octanol–water partition coefficient (Wildman–Crippen LogP) is 3.15. The van der Waals surface area contributed by atoms with Crippen molar-refractivity contribution in [2.45, 2.75) is 25.8 Å². The summed E-state index contributed by atoms with van der Waals surface area (Å²) in [4.78, 5) is 7.37. The van der Waals surface area contributed by atoms with E-state index in [1.165, 1.54) is 6.33 Å². The minimum atomic E-state index is 0.0421. The maximum absolute atomic E-state index is 12.8. The first kappa shape index (κ1) is 21.2. The maximum atomic E-state index is 12.8. The van der Waals surface area contributed by atoms with Crippen LogP contribution < -0.4 is 20.1 Å². The van der Waals surface area contributed by atoms with Gasteiger partial charge in [0.15, 0.2) is 11.0 Å². The van der Waals surface area contributed by atoms with Crippen LogP contribution in [0.1, 0.15) is 19.8 Å². The van der Waals surface area contributed by atoms with Crippen LogP contribution in [0.3, 0.4) is 0 Å². The van der Waals surface area contributed by atoms with Gasteiger partial charge >= 0.3 is 0 Å². The van der Waals surface area contributed by atoms with E-state index in [0.717, 1.165) is 52.8 Å². The highest BCUT2D eigenvalue weighted by atomic mass is 16.5. The lowest BCUT2D eigenvalue weighted by atomic mass is 9.90. The van der Waals surface area contributed by atoms with E-state index in [1.54, 1.807) is 6.07 Å². The van der Waals surface area contributed by atoms with Crippen LogP contribution in [0, 0.1) is 10.6 Å². The lowest BCUT2D eigenvalue weighted by Gasteiger charge is -2.37. The van der Waals surface area contributed by atoms with Crippen molar-refractivity contribution < 1.29 is 14.2 Å². The Morgan fingerprint density at radius 1 is 1.18 bits per heavy atom. The fourth-order valence-electron chi connectivity index (χ4n) is 4.83. The number of anilines is 1. The van der Waals surface area contributed by atoms with Crippen molar-refractivity contribution in [3.05, 3.63) is 60.1 Å². The van der Waals surface area contributed by atoms with Crippen LogP contribution in [0.4, 0.5) is 5.69 Å². The Labute approximate surface area is 198 Å². The van der Waals surface area contributed by atoms with E-state index in [9.17, 15) is 5.21 Å². The number of fused-ring (bicyclic) bond motifs is 2. The Hall–Kier alpha value is -3.36. The number of hydrogen-bond acceptors (Lipinski definition) is 6. The summed E-state index contributed by atoms with van der Waals surface area (Å²) in [6.07, 6.45) is 3.49. The summed E-state index contributed by atoms with van der Waals surface area (Å²) in [5, 5.41) is 13.9. The Balaban J connectivity index is 1.35. The number of piperidine rings is 1. The Morgan fingerprint density at radius 2 is 2.00 bits per heavy atom. The highest BCUT2D eigenvalue weighted by Gasteiger charge is 2.34. The molecule has 2 saturated heterocycles. The first-order valence-corrected chi connectivity index (χ1v) is 11.8. The number of benzene rings is 2. The summed E-state index contributed by atoms with van der Waals surface area (Å²) >= 11 is 0. The van der Waals surface area contributed by atoms with Gasteiger partial charge in [-0.2, -0.15) is 4.57 Å². The lowest BCUT2D eigenvalue weighted by Crippen LogP contribution is -2.44. The second-order valence-corrected chi connectivity index (χ2v) is 9.90. The molecular formula is C26H29N5O3. The third kappa shape index (κ3) is 3.73. The van der Waals surface area contributed by atoms with Gasteiger partial charge in [0.2, 0.25) is 5.82 Å².